The number of amides is 2. The maximum Gasteiger partial charge on any atom is 0.269 e. The normalized spacial score (nSPS) is 17.1. The number of nitrogens with zero attached hydrogens (tertiary/aromatic N) is 3. The topological polar surface area (TPSA) is 83.8 Å². The molecule has 0 saturated carbocycles. The second-order valence-corrected chi connectivity index (χ2v) is 6.45. The van der Waals surface area contributed by atoms with Crippen LogP contribution in [0.15, 0.2) is 48.5 Å². The molecule has 1 atom stereocenters. The molecule has 0 radical (unpaired) electrons. The van der Waals surface area contributed by atoms with Crippen molar-refractivity contribution in [1.82, 2.24) is 4.90 Å². The predicted octanol–water partition coefficient (Wildman–Crippen LogP) is 3.03. The number of non-ortho nitro benzene ring substituents is 1. The van der Waals surface area contributed by atoms with Gasteiger partial charge in [0.1, 0.15) is 6.04 Å². The van der Waals surface area contributed by atoms with E-state index in [1.807, 2.05) is 31.2 Å². The Kier molecular flexibility index (Phi) is 5.21. The maximum atomic E-state index is 12.9. The highest BCUT2D eigenvalue weighted by atomic mass is 16.6. The van der Waals surface area contributed by atoms with Crippen LogP contribution in [0.3, 0.4) is 0 Å². The lowest BCUT2D eigenvalue weighted by Crippen LogP contribution is -2.58. The van der Waals surface area contributed by atoms with Crippen LogP contribution in [-0.2, 0) is 11.2 Å². The quantitative estimate of drug-likeness (QED) is 0.614. The molecule has 1 fully saturated rings. The molecule has 2 amide bonds. The Bertz CT molecular complexity index is 879. The Morgan fingerprint density at radius 3 is 2.44 bits per heavy atom. The minimum absolute atomic E-state index is 0.0725. The van der Waals surface area contributed by atoms with Gasteiger partial charge in [0.2, 0.25) is 5.91 Å². The van der Waals surface area contributed by atoms with E-state index in [1.165, 1.54) is 29.2 Å². The van der Waals surface area contributed by atoms with Gasteiger partial charge < -0.3 is 9.80 Å². The van der Waals surface area contributed by atoms with Crippen LogP contribution in [0.1, 0.15) is 29.8 Å². The monoisotopic (exact) mass is 367 g/mol. The summed E-state index contributed by atoms with van der Waals surface area (Å²) < 4.78 is 0. The average Bonchev–Trinajstić information content (AvgIpc) is 2.69. The SMILES string of the molecule is CCc1ccccc1N1CCN(C(=O)c2ccc([N+](=O)[O-])cc2)C(C)C1=O. The van der Waals surface area contributed by atoms with Crippen LogP contribution in [0.5, 0.6) is 0 Å². The van der Waals surface area contributed by atoms with Crippen molar-refractivity contribution >= 4 is 23.2 Å². The fourth-order valence-corrected chi connectivity index (χ4v) is 3.35. The summed E-state index contributed by atoms with van der Waals surface area (Å²) in [6.07, 6.45) is 0.819. The molecule has 140 valence electrons. The molecule has 0 aliphatic carbocycles. The molecule has 3 rings (SSSR count). The number of piperazine rings is 1. The van der Waals surface area contributed by atoms with Crippen LogP contribution in [0.2, 0.25) is 0 Å². The Balaban J connectivity index is 1.80. The lowest BCUT2D eigenvalue weighted by molar-refractivity contribution is -0.384. The number of aryl methyl sites for hydroxylation is 1. The molecule has 7 heteroatoms. The van der Waals surface area contributed by atoms with E-state index in [9.17, 15) is 19.7 Å². The summed E-state index contributed by atoms with van der Waals surface area (Å²) in [5.74, 6) is -0.424. The Morgan fingerprint density at radius 2 is 1.81 bits per heavy atom. The van der Waals surface area contributed by atoms with Crippen molar-refractivity contribution < 1.29 is 14.5 Å². The summed E-state index contributed by atoms with van der Waals surface area (Å²) in [4.78, 5) is 39.2. The molecule has 27 heavy (non-hydrogen) atoms. The van der Waals surface area contributed by atoms with Gasteiger partial charge in [-0.2, -0.15) is 0 Å². The van der Waals surface area contributed by atoms with Gasteiger partial charge >= 0.3 is 0 Å². The molecular formula is C20H21N3O4. The van der Waals surface area contributed by atoms with Crippen LogP contribution in [-0.4, -0.2) is 40.8 Å². The molecule has 2 aromatic carbocycles. The van der Waals surface area contributed by atoms with Crippen LogP contribution >= 0.6 is 0 Å². The molecule has 1 aliphatic rings. The third-order valence-electron chi connectivity index (χ3n) is 4.90. The van der Waals surface area contributed by atoms with E-state index >= 15 is 0 Å². The molecule has 0 spiro atoms. The van der Waals surface area contributed by atoms with Gasteiger partial charge in [0.25, 0.3) is 11.6 Å². The first kappa shape index (κ1) is 18.6. The number of anilines is 1. The number of hydrogen-bond acceptors (Lipinski definition) is 4. The first-order valence-electron chi connectivity index (χ1n) is 8.88. The average molecular weight is 367 g/mol. The van der Waals surface area contributed by atoms with Crippen molar-refractivity contribution in [2.45, 2.75) is 26.3 Å². The Morgan fingerprint density at radius 1 is 1.15 bits per heavy atom. The van der Waals surface area contributed by atoms with E-state index < -0.39 is 11.0 Å². The molecule has 7 nitrogen and oxygen atoms in total. The molecule has 1 heterocycles. The summed E-state index contributed by atoms with van der Waals surface area (Å²) >= 11 is 0. The summed E-state index contributed by atoms with van der Waals surface area (Å²) in [6.45, 7) is 4.58. The number of carbonyl (C=O) groups is 2. The third kappa shape index (κ3) is 3.53. The first-order valence-corrected chi connectivity index (χ1v) is 8.88. The van der Waals surface area contributed by atoms with E-state index in [-0.39, 0.29) is 17.5 Å². The lowest BCUT2D eigenvalue weighted by Gasteiger charge is -2.39. The van der Waals surface area contributed by atoms with E-state index in [4.69, 9.17) is 0 Å². The second kappa shape index (κ2) is 7.57. The minimum Gasteiger partial charge on any atom is -0.325 e. The van der Waals surface area contributed by atoms with Crippen LogP contribution in [0, 0.1) is 10.1 Å². The third-order valence-corrected chi connectivity index (χ3v) is 4.90. The van der Waals surface area contributed by atoms with Crippen LogP contribution < -0.4 is 4.90 Å². The molecule has 0 N–H and O–H groups in total. The Hall–Kier alpha value is -3.22. The fourth-order valence-electron chi connectivity index (χ4n) is 3.35. The Labute approximate surface area is 157 Å². The van der Waals surface area contributed by atoms with Gasteiger partial charge in [-0.1, -0.05) is 25.1 Å². The van der Waals surface area contributed by atoms with Crippen molar-refractivity contribution in [3.8, 4) is 0 Å². The molecule has 1 saturated heterocycles. The van der Waals surface area contributed by atoms with E-state index in [0.717, 1.165) is 17.7 Å². The lowest BCUT2D eigenvalue weighted by atomic mass is 10.1. The van der Waals surface area contributed by atoms with Crippen LogP contribution in [0.4, 0.5) is 11.4 Å². The number of nitro benzene ring substituents is 1. The van der Waals surface area contributed by atoms with Crippen molar-refractivity contribution in [3.05, 3.63) is 69.8 Å². The molecule has 0 bridgehead atoms. The summed E-state index contributed by atoms with van der Waals surface area (Å²) in [5, 5.41) is 10.8. The predicted molar refractivity (Wildman–Crippen MR) is 102 cm³/mol. The van der Waals surface area contributed by atoms with Gasteiger partial charge in [-0.3, -0.25) is 19.7 Å². The molecule has 1 unspecified atom stereocenters. The maximum absolute atomic E-state index is 12.9. The van der Waals surface area contributed by atoms with Crippen molar-refractivity contribution in [2.75, 3.05) is 18.0 Å². The first-order chi connectivity index (χ1) is 12.9. The van der Waals surface area contributed by atoms with Crippen molar-refractivity contribution in [2.24, 2.45) is 0 Å². The second-order valence-electron chi connectivity index (χ2n) is 6.45. The van der Waals surface area contributed by atoms with Crippen molar-refractivity contribution in [1.29, 1.82) is 0 Å². The zero-order valence-corrected chi connectivity index (χ0v) is 15.3. The summed E-state index contributed by atoms with van der Waals surface area (Å²) in [5.41, 5.74) is 2.24. The number of hydrogen-bond donors (Lipinski definition) is 0. The van der Waals surface area contributed by atoms with Gasteiger partial charge in [0.05, 0.1) is 4.92 Å². The number of benzene rings is 2. The standard InChI is InChI=1S/C20H21N3O4/c1-3-15-6-4-5-7-18(15)22-13-12-21(14(2)19(22)24)20(25)16-8-10-17(11-9-16)23(26)27/h4-11,14H,3,12-13H2,1-2H3. The zero-order valence-electron chi connectivity index (χ0n) is 15.3. The zero-order chi connectivity index (χ0) is 19.6. The molecular weight excluding hydrogens is 346 g/mol. The van der Waals surface area contributed by atoms with E-state index in [0.29, 0.717) is 18.7 Å². The van der Waals surface area contributed by atoms with Gasteiger partial charge in [-0.15, -0.1) is 0 Å². The van der Waals surface area contributed by atoms with E-state index in [1.54, 1.807) is 11.8 Å². The smallest absolute Gasteiger partial charge is 0.269 e. The highest BCUT2D eigenvalue weighted by molar-refractivity contribution is 6.03. The van der Waals surface area contributed by atoms with Gasteiger partial charge in [-0.25, -0.2) is 0 Å². The summed E-state index contributed by atoms with van der Waals surface area (Å²) in [7, 11) is 0. The van der Waals surface area contributed by atoms with Crippen molar-refractivity contribution in [3.63, 3.8) is 0 Å². The molecule has 2 aromatic rings. The number of nitro groups is 1. The highest BCUT2D eigenvalue weighted by Gasteiger charge is 2.35. The van der Waals surface area contributed by atoms with E-state index in [2.05, 4.69) is 0 Å². The van der Waals surface area contributed by atoms with Crippen LogP contribution in [0.25, 0.3) is 0 Å². The molecule has 0 aromatic heterocycles. The fraction of sp³-hybridized carbons (Fsp3) is 0.300. The molecule has 1 aliphatic heterocycles. The number of rotatable bonds is 4. The van der Waals surface area contributed by atoms with Gasteiger partial charge in [0, 0.05) is 36.5 Å². The number of carbonyl (C=O) groups excluding carboxylic acids is 2. The van der Waals surface area contributed by atoms with Gasteiger partial charge in [0.15, 0.2) is 0 Å². The summed E-state index contributed by atoms with van der Waals surface area (Å²) in [6, 6.07) is 12.6. The minimum atomic E-state index is -0.605. The van der Waals surface area contributed by atoms with Gasteiger partial charge in [-0.05, 0) is 37.1 Å². The highest BCUT2D eigenvalue weighted by Crippen LogP contribution is 2.26. The largest absolute Gasteiger partial charge is 0.325 e. The number of para-hydroxylation sites is 1.